The van der Waals surface area contributed by atoms with Crippen molar-refractivity contribution in [2.75, 3.05) is 18.9 Å². The molecule has 5 nitrogen and oxygen atoms in total. The van der Waals surface area contributed by atoms with Gasteiger partial charge in [-0.15, -0.1) is 0 Å². The Morgan fingerprint density at radius 1 is 1.17 bits per heavy atom. The number of nitrogens with zero attached hydrogens (tertiary/aromatic N) is 1. The first-order valence-electron chi connectivity index (χ1n) is 6.97. The number of aromatic hydroxyl groups is 1. The maximum absolute atomic E-state index is 12.2. The molecule has 0 atom stereocenters. The smallest absolute Gasteiger partial charge is 0.254 e. The number of halogens is 1. The average molecular weight is 333 g/mol. The van der Waals surface area contributed by atoms with Crippen LogP contribution in [0.2, 0.25) is 5.02 Å². The van der Waals surface area contributed by atoms with E-state index < -0.39 is 0 Å². The van der Waals surface area contributed by atoms with Crippen molar-refractivity contribution >= 4 is 29.1 Å². The van der Waals surface area contributed by atoms with Gasteiger partial charge in [-0.1, -0.05) is 29.3 Å². The highest BCUT2D eigenvalue weighted by Gasteiger charge is 2.16. The number of hydrogen-bond donors (Lipinski definition) is 2. The van der Waals surface area contributed by atoms with Gasteiger partial charge in [-0.3, -0.25) is 9.59 Å². The molecule has 0 unspecified atom stereocenters. The van der Waals surface area contributed by atoms with Gasteiger partial charge in [0.25, 0.3) is 5.91 Å². The number of carbonyl (C=O) groups is 2. The molecule has 2 amide bonds. The first-order valence-corrected chi connectivity index (χ1v) is 7.35. The number of nitrogens with one attached hydrogen (secondary N) is 1. The van der Waals surface area contributed by atoms with Gasteiger partial charge in [0.2, 0.25) is 5.91 Å². The van der Waals surface area contributed by atoms with Gasteiger partial charge in [-0.2, -0.15) is 0 Å². The quantitative estimate of drug-likeness (QED) is 0.904. The lowest BCUT2D eigenvalue weighted by atomic mass is 10.2. The first kappa shape index (κ1) is 16.8. The number of amides is 2. The zero-order chi connectivity index (χ0) is 17.0. The summed E-state index contributed by atoms with van der Waals surface area (Å²) in [5.41, 5.74) is 2.08. The largest absolute Gasteiger partial charge is 0.506 e. The number of anilines is 1. The molecule has 0 fully saturated rings. The second-order valence-electron chi connectivity index (χ2n) is 5.24. The molecule has 6 heteroatoms. The molecule has 2 rings (SSSR count). The number of phenols is 1. The predicted molar refractivity (Wildman–Crippen MR) is 89.9 cm³/mol. The van der Waals surface area contributed by atoms with Gasteiger partial charge in [0.05, 0.1) is 11.6 Å². The third-order valence-electron chi connectivity index (χ3n) is 3.26. The van der Waals surface area contributed by atoms with Crippen molar-refractivity contribution in [3.8, 4) is 5.75 Å². The fourth-order valence-electron chi connectivity index (χ4n) is 1.98. The molecule has 2 N–H and O–H groups in total. The van der Waals surface area contributed by atoms with E-state index in [0.717, 1.165) is 5.56 Å². The van der Waals surface area contributed by atoms with Crippen molar-refractivity contribution in [1.82, 2.24) is 4.90 Å². The van der Waals surface area contributed by atoms with Crippen LogP contribution in [0.4, 0.5) is 5.69 Å². The van der Waals surface area contributed by atoms with E-state index >= 15 is 0 Å². The van der Waals surface area contributed by atoms with Crippen molar-refractivity contribution in [3.05, 3.63) is 58.6 Å². The topological polar surface area (TPSA) is 69.6 Å². The molecule has 0 radical (unpaired) electrons. The van der Waals surface area contributed by atoms with Crippen LogP contribution in [-0.4, -0.2) is 35.4 Å². The van der Waals surface area contributed by atoms with Crippen LogP contribution in [0, 0.1) is 6.92 Å². The summed E-state index contributed by atoms with van der Waals surface area (Å²) in [4.78, 5) is 25.5. The number of phenolic OH excluding ortho intramolecular Hbond substituents is 1. The van der Waals surface area contributed by atoms with E-state index in [4.69, 9.17) is 11.6 Å². The highest BCUT2D eigenvalue weighted by molar-refractivity contribution is 6.32. The third kappa shape index (κ3) is 4.47. The van der Waals surface area contributed by atoms with Crippen LogP contribution in [0.1, 0.15) is 15.9 Å². The summed E-state index contributed by atoms with van der Waals surface area (Å²) in [5, 5.41) is 12.2. The molecule has 0 bridgehead atoms. The lowest BCUT2D eigenvalue weighted by molar-refractivity contribution is -0.116. The molecule has 23 heavy (non-hydrogen) atoms. The Hall–Kier alpha value is -2.53. The summed E-state index contributed by atoms with van der Waals surface area (Å²) in [6.45, 7) is 1.87. The highest BCUT2D eigenvalue weighted by Crippen LogP contribution is 2.24. The molecule has 0 saturated carbocycles. The number of aryl methyl sites for hydroxylation is 1. The van der Waals surface area contributed by atoms with Crippen LogP contribution < -0.4 is 5.32 Å². The van der Waals surface area contributed by atoms with Gasteiger partial charge >= 0.3 is 0 Å². The van der Waals surface area contributed by atoms with E-state index in [9.17, 15) is 14.7 Å². The predicted octanol–water partition coefficient (Wildman–Crippen LogP) is 3.06. The van der Waals surface area contributed by atoms with Crippen molar-refractivity contribution in [1.29, 1.82) is 0 Å². The van der Waals surface area contributed by atoms with Crippen molar-refractivity contribution in [2.45, 2.75) is 6.92 Å². The number of carbonyl (C=O) groups excluding carboxylic acids is 2. The van der Waals surface area contributed by atoms with Crippen LogP contribution in [0.5, 0.6) is 5.75 Å². The summed E-state index contributed by atoms with van der Waals surface area (Å²) >= 11 is 5.79. The highest BCUT2D eigenvalue weighted by atomic mass is 35.5. The Morgan fingerprint density at radius 2 is 1.83 bits per heavy atom. The molecule has 0 aliphatic rings. The number of likely N-dealkylation sites (N-methyl/N-ethyl adjacent to an activating group) is 1. The lowest BCUT2D eigenvalue weighted by Gasteiger charge is -2.17. The summed E-state index contributed by atoms with van der Waals surface area (Å²) < 4.78 is 0. The molecule has 0 aliphatic carbocycles. The van der Waals surface area contributed by atoms with Crippen LogP contribution >= 0.6 is 11.6 Å². The molecular formula is C17H17ClN2O3. The van der Waals surface area contributed by atoms with Gasteiger partial charge in [-0.05, 0) is 37.3 Å². The number of hydrogen-bond acceptors (Lipinski definition) is 3. The lowest BCUT2D eigenvalue weighted by Crippen LogP contribution is -2.34. The Morgan fingerprint density at radius 3 is 2.43 bits per heavy atom. The maximum Gasteiger partial charge on any atom is 0.254 e. The summed E-state index contributed by atoms with van der Waals surface area (Å²) in [5.74, 6) is -0.747. The maximum atomic E-state index is 12.2. The van der Waals surface area contributed by atoms with Crippen LogP contribution in [-0.2, 0) is 4.79 Å². The van der Waals surface area contributed by atoms with Crippen molar-refractivity contribution in [2.24, 2.45) is 0 Å². The zero-order valence-corrected chi connectivity index (χ0v) is 13.6. The Labute approximate surface area is 139 Å². The van der Waals surface area contributed by atoms with Gasteiger partial charge in [0.1, 0.15) is 5.75 Å². The van der Waals surface area contributed by atoms with Gasteiger partial charge < -0.3 is 15.3 Å². The monoisotopic (exact) mass is 332 g/mol. The van der Waals surface area contributed by atoms with Crippen LogP contribution in [0.15, 0.2) is 42.5 Å². The van der Waals surface area contributed by atoms with Crippen molar-refractivity contribution < 1.29 is 14.7 Å². The Kier molecular flexibility index (Phi) is 5.24. The standard InChI is InChI=1S/C17H17ClN2O3/c1-11-3-6-13(7-4-11)19-16(22)10-20(2)17(23)12-5-8-15(21)14(18)9-12/h3-9,21H,10H2,1-2H3,(H,19,22). The fourth-order valence-corrected chi connectivity index (χ4v) is 2.17. The average Bonchev–Trinajstić information content (AvgIpc) is 2.51. The molecule has 0 aliphatic heterocycles. The minimum absolute atomic E-state index is 0.0911. The van der Waals surface area contributed by atoms with Crippen molar-refractivity contribution in [3.63, 3.8) is 0 Å². The number of benzene rings is 2. The SMILES string of the molecule is Cc1ccc(NC(=O)CN(C)C(=O)c2ccc(O)c(Cl)c2)cc1. The van der Waals surface area contributed by atoms with E-state index in [2.05, 4.69) is 5.32 Å². The van der Waals surface area contributed by atoms with E-state index in [-0.39, 0.29) is 29.1 Å². The molecule has 0 aromatic heterocycles. The molecular weight excluding hydrogens is 316 g/mol. The molecule has 0 spiro atoms. The van der Waals surface area contributed by atoms with E-state index in [1.54, 1.807) is 12.1 Å². The van der Waals surface area contributed by atoms with E-state index in [1.165, 1.54) is 30.1 Å². The van der Waals surface area contributed by atoms with Gasteiger partial charge in [0, 0.05) is 18.3 Å². The van der Waals surface area contributed by atoms with Gasteiger partial charge in [-0.25, -0.2) is 0 Å². The summed E-state index contributed by atoms with van der Waals surface area (Å²) in [7, 11) is 1.53. The molecule has 2 aromatic rings. The third-order valence-corrected chi connectivity index (χ3v) is 3.56. The van der Waals surface area contributed by atoms with E-state index in [1.807, 2.05) is 19.1 Å². The van der Waals surface area contributed by atoms with Gasteiger partial charge in [0.15, 0.2) is 0 Å². The van der Waals surface area contributed by atoms with Crippen LogP contribution in [0.3, 0.4) is 0 Å². The summed E-state index contributed by atoms with van der Waals surface area (Å²) in [6.07, 6.45) is 0. The first-order chi connectivity index (χ1) is 10.9. The molecule has 0 heterocycles. The zero-order valence-electron chi connectivity index (χ0n) is 12.8. The molecule has 2 aromatic carbocycles. The second kappa shape index (κ2) is 7.15. The van der Waals surface area contributed by atoms with E-state index in [0.29, 0.717) is 11.3 Å². The molecule has 120 valence electrons. The fraction of sp³-hybridized carbons (Fsp3) is 0.176. The Bertz CT molecular complexity index is 729. The number of rotatable bonds is 4. The Balaban J connectivity index is 1.98. The summed E-state index contributed by atoms with van der Waals surface area (Å²) in [6, 6.07) is 11.6. The van der Waals surface area contributed by atoms with Crippen LogP contribution in [0.25, 0.3) is 0 Å². The second-order valence-corrected chi connectivity index (χ2v) is 5.65. The minimum atomic E-state index is -0.356. The molecule has 0 saturated heterocycles. The normalized spacial score (nSPS) is 10.2. The minimum Gasteiger partial charge on any atom is -0.506 e.